The third kappa shape index (κ3) is 10.1. The van der Waals surface area contributed by atoms with Crippen molar-refractivity contribution in [1.82, 2.24) is 26.6 Å². The number of hydrogen-bond donors (Lipinski definition) is 8. The van der Waals surface area contributed by atoms with E-state index in [0.29, 0.717) is 5.56 Å². The number of amides is 5. The largest absolute Gasteiger partial charge is 0.481 e. The van der Waals surface area contributed by atoms with Crippen LogP contribution in [0.4, 0.5) is 13.2 Å². The fraction of sp³-hybridized carbons (Fsp3) is 0.519. The monoisotopic (exact) mass is 642 g/mol. The number of guanidine groups is 1. The average Bonchev–Trinajstić information content (AvgIpc) is 2.94. The summed E-state index contributed by atoms with van der Waals surface area (Å²) in [6, 6.07) is 2.65. The van der Waals surface area contributed by atoms with E-state index in [9.17, 15) is 47.0 Å². The molecule has 248 valence electrons. The zero-order valence-electron chi connectivity index (χ0n) is 24.6. The van der Waals surface area contributed by atoms with Crippen LogP contribution in [0.5, 0.6) is 0 Å². The third-order valence-corrected chi connectivity index (χ3v) is 6.93. The summed E-state index contributed by atoms with van der Waals surface area (Å²) in [6.07, 6.45) is -7.02. The maximum atomic E-state index is 14.9. The number of aliphatic carboxylic acids is 1. The van der Waals surface area contributed by atoms with Gasteiger partial charge in [-0.15, -0.1) is 0 Å². The Morgan fingerprint density at radius 1 is 0.978 bits per heavy atom. The number of hydrogen-bond acceptors (Lipinski definition) is 7. The molecule has 0 bridgehead atoms. The van der Waals surface area contributed by atoms with Crippen LogP contribution in [0, 0.1) is 5.92 Å². The summed E-state index contributed by atoms with van der Waals surface area (Å²) in [5.41, 5.74) is 7.35. The van der Waals surface area contributed by atoms with Gasteiger partial charge < -0.3 is 43.2 Å². The van der Waals surface area contributed by atoms with Gasteiger partial charge in [-0.2, -0.15) is 13.2 Å². The van der Waals surface area contributed by atoms with Crippen molar-refractivity contribution in [1.29, 1.82) is 0 Å². The van der Waals surface area contributed by atoms with Crippen molar-refractivity contribution in [2.75, 3.05) is 13.1 Å². The Morgan fingerprint density at radius 2 is 1.62 bits per heavy atom. The maximum Gasteiger partial charge on any atom is 0.420 e. The molecule has 1 aliphatic rings. The molecule has 1 fully saturated rings. The van der Waals surface area contributed by atoms with E-state index in [0.717, 1.165) is 13.8 Å². The molecule has 0 saturated carbocycles. The number of carbonyl (C=O) groups is 6. The Labute approximate surface area is 256 Å². The summed E-state index contributed by atoms with van der Waals surface area (Å²) < 4.78 is 44.7. The lowest BCUT2D eigenvalue weighted by molar-refractivity contribution is -0.212. The number of nitrogens with zero attached hydrogens (tertiary/aromatic N) is 1. The molecule has 2 rings (SSSR count). The molecule has 45 heavy (non-hydrogen) atoms. The second kappa shape index (κ2) is 15.7. The van der Waals surface area contributed by atoms with Crippen molar-refractivity contribution < 1.29 is 47.0 Å². The minimum atomic E-state index is -5.42. The van der Waals surface area contributed by atoms with Gasteiger partial charge in [0.15, 0.2) is 5.96 Å². The molecular formula is C27H37F3N8O7. The summed E-state index contributed by atoms with van der Waals surface area (Å²) in [7, 11) is 0. The van der Waals surface area contributed by atoms with Crippen LogP contribution in [0.2, 0.25) is 0 Å². The molecule has 1 saturated heterocycles. The van der Waals surface area contributed by atoms with E-state index in [1.54, 1.807) is 23.5 Å². The Morgan fingerprint density at radius 3 is 2.18 bits per heavy atom. The van der Waals surface area contributed by atoms with Gasteiger partial charge in [-0.05, 0) is 24.3 Å². The number of carboxylic acid groups (broad SMARTS) is 1. The van der Waals surface area contributed by atoms with E-state index in [2.05, 4.69) is 26.3 Å². The lowest BCUT2D eigenvalue weighted by Gasteiger charge is -2.40. The fourth-order valence-electron chi connectivity index (χ4n) is 4.57. The molecule has 1 heterocycles. The minimum absolute atomic E-state index is 0.00771. The van der Waals surface area contributed by atoms with Crippen molar-refractivity contribution >= 4 is 41.5 Å². The van der Waals surface area contributed by atoms with Crippen LogP contribution in [0.3, 0.4) is 0 Å². The van der Waals surface area contributed by atoms with Gasteiger partial charge in [-0.3, -0.25) is 33.8 Å². The van der Waals surface area contributed by atoms with Crippen LogP contribution in [-0.2, 0) is 35.2 Å². The quantitative estimate of drug-likeness (QED) is 0.0878. The van der Waals surface area contributed by atoms with E-state index in [1.165, 1.54) is 12.1 Å². The van der Waals surface area contributed by atoms with E-state index in [-0.39, 0.29) is 31.8 Å². The summed E-state index contributed by atoms with van der Waals surface area (Å²) in [5.74, 6) is -9.96. The van der Waals surface area contributed by atoms with Gasteiger partial charge in [-0.25, -0.2) is 0 Å². The second-order valence-electron chi connectivity index (χ2n) is 10.6. The lowest BCUT2D eigenvalue weighted by atomic mass is 9.83. The second-order valence-corrected chi connectivity index (χ2v) is 10.6. The van der Waals surface area contributed by atoms with Crippen molar-refractivity contribution in [3.63, 3.8) is 0 Å². The highest BCUT2D eigenvalue weighted by Gasteiger charge is 2.64. The molecule has 5 amide bonds. The molecule has 1 aromatic rings. The minimum Gasteiger partial charge on any atom is -0.481 e. The van der Waals surface area contributed by atoms with Gasteiger partial charge in [0.2, 0.25) is 29.2 Å². The number of nitrogens with two attached hydrogens (primary N) is 2. The van der Waals surface area contributed by atoms with Crippen LogP contribution < -0.4 is 38.1 Å². The zero-order valence-corrected chi connectivity index (χ0v) is 24.6. The number of carboxylic acids is 1. The normalized spacial score (nSPS) is 23.8. The summed E-state index contributed by atoms with van der Waals surface area (Å²) in [6.45, 7) is 1.18. The molecule has 1 aliphatic heterocycles. The number of nitrogens with one attached hydrogen (secondary N) is 5. The molecule has 0 unspecified atom stereocenters. The number of alkyl halides is 3. The van der Waals surface area contributed by atoms with Gasteiger partial charge >= 0.3 is 12.1 Å². The highest BCUT2D eigenvalue weighted by atomic mass is 19.4. The number of halogens is 3. The number of carbonyl (C=O) groups excluding carboxylic acids is 5. The van der Waals surface area contributed by atoms with Crippen molar-refractivity contribution in [2.24, 2.45) is 22.4 Å². The molecule has 0 radical (unpaired) electrons. The van der Waals surface area contributed by atoms with Gasteiger partial charge in [0, 0.05) is 13.0 Å². The number of rotatable bonds is 9. The van der Waals surface area contributed by atoms with Crippen LogP contribution in [0.25, 0.3) is 0 Å². The van der Waals surface area contributed by atoms with Crippen molar-refractivity contribution in [3.05, 3.63) is 35.9 Å². The van der Waals surface area contributed by atoms with Crippen LogP contribution in [0.15, 0.2) is 35.3 Å². The molecule has 18 heteroatoms. The van der Waals surface area contributed by atoms with Crippen molar-refractivity contribution in [3.8, 4) is 0 Å². The fourth-order valence-corrected chi connectivity index (χ4v) is 4.57. The number of benzene rings is 1. The van der Waals surface area contributed by atoms with E-state index in [1.807, 2.05) is 0 Å². The standard InChI is InChI=1S/C27H37F3N8O7/c1-14(2)26(27(28,29)30)24(45)37-16(9-6-10-33-25(31)32)21(42)34-13-19(39)35-18(12-20(40)41)22(43)36-17(23(44)38-26)11-15-7-4-3-5-8-15/h3-5,7-8,14,16-18H,6,9-13H2,1-2H3,(H,34,42)(H,35,39)(H,36,43)(H,37,45)(H,38,44)(H,40,41)(H4,31,32,33)/t16-,17+,18-,26-/m0/s1. The predicted molar refractivity (Wildman–Crippen MR) is 153 cm³/mol. The topological polar surface area (TPSA) is 247 Å². The molecule has 15 nitrogen and oxygen atoms in total. The highest BCUT2D eigenvalue weighted by molar-refractivity contribution is 6.00. The molecule has 0 aliphatic carbocycles. The highest BCUT2D eigenvalue weighted by Crippen LogP contribution is 2.37. The van der Waals surface area contributed by atoms with E-state index in [4.69, 9.17) is 11.5 Å². The average molecular weight is 643 g/mol. The molecular weight excluding hydrogens is 605 g/mol. The first-order valence-corrected chi connectivity index (χ1v) is 13.9. The van der Waals surface area contributed by atoms with Crippen LogP contribution >= 0.6 is 0 Å². The maximum absolute atomic E-state index is 14.9. The van der Waals surface area contributed by atoms with E-state index < -0.39 is 84.2 Å². The van der Waals surface area contributed by atoms with E-state index >= 15 is 0 Å². The first kappa shape index (κ1) is 36.3. The molecule has 0 aromatic heterocycles. The first-order chi connectivity index (χ1) is 21.0. The van der Waals surface area contributed by atoms with Crippen LogP contribution in [-0.4, -0.2) is 89.5 Å². The first-order valence-electron chi connectivity index (χ1n) is 13.9. The molecule has 10 N–H and O–H groups in total. The summed E-state index contributed by atoms with van der Waals surface area (Å²) in [5, 5.41) is 19.7. The Bertz CT molecular complexity index is 1290. The summed E-state index contributed by atoms with van der Waals surface area (Å²) in [4.78, 5) is 81.1. The SMILES string of the molecule is CC(C)[C@]1(C(F)(F)F)NC(=O)[C@@H](Cc2ccccc2)NC(=O)[C@H](CC(=O)O)NC(=O)CNC(=O)[C@H](CCCN=C(N)N)NC1=O. The lowest BCUT2D eigenvalue weighted by Crippen LogP contribution is -2.73. The smallest absolute Gasteiger partial charge is 0.420 e. The Balaban J connectivity index is 2.66. The van der Waals surface area contributed by atoms with Gasteiger partial charge in [0.1, 0.15) is 18.1 Å². The van der Waals surface area contributed by atoms with Crippen molar-refractivity contribution in [2.45, 2.75) is 69.4 Å². The van der Waals surface area contributed by atoms with Gasteiger partial charge in [0.25, 0.3) is 5.91 Å². The molecule has 0 spiro atoms. The Kier molecular flexibility index (Phi) is 12.7. The molecule has 4 atom stereocenters. The van der Waals surface area contributed by atoms with Gasteiger partial charge in [0.05, 0.1) is 13.0 Å². The molecule has 1 aromatic carbocycles. The number of aliphatic imine (C=N–C) groups is 1. The van der Waals surface area contributed by atoms with Gasteiger partial charge in [-0.1, -0.05) is 44.2 Å². The Hall–Kier alpha value is -4.90. The third-order valence-electron chi connectivity index (χ3n) is 6.93. The predicted octanol–water partition coefficient (Wildman–Crippen LogP) is -1.59. The summed E-state index contributed by atoms with van der Waals surface area (Å²) >= 11 is 0. The zero-order chi connectivity index (χ0) is 33.9. The van der Waals surface area contributed by atoms with Crippen LogP contribution in [0.1, 0.15) is 38.7 Å².